The number of hydrogen-bond acceptors (Lipinski definition) is 2. The lowest BCUT2D eigenvalue weighted by atomic mass is 10.1. The van der Waals surface area contributed by atoms with Crippen LogP contribution in [0, 0.1) is 5.82 Å². The summed E-state index contributed by atoms with van der Waals surface area (Å²) in [5.74, 6) is -1.77. The molecule has 0 saturated carbocycles. The van der Waals surface area contributed by atoms with Gasteiger partial charge < -0.3 is 16.0 Å². The Balaban J connectivity index is 1.94. The molecule has 122 valence electrons. The van der Waals surface area contributed by atoms with Gasteiger partial charge in [-0.2, -0.15) is 0 Å². The van der Waals surface area contributed by atoms with E-state index in [0.717, 1.165) is 0 Å². The van der Waals surface area contributed by atoms with E-state index >= 15 is 0 Å². The van der Waals surface area contributed by atoms with Gasteiger partial charge in [0.25, 0.3) is 5.91 Å². The van der Waals surface area contributed by atoms with Gasteiger partial charge in [0.2, 0.25) is 5.91 Å². The summed E-state index contributed by atoms with van der Waals surface area (Å²) in [6.45, 7) is 0. The van der Waals surface area contributed by atoms with Gasteiger partial charge in [0.05, 0.1) is 5.02 Å². The third kappa shape index (κ3) is 2.96. The second kappa shape index (κ2) is 6.33. The Bertz CT molecular complexity index is 924. The quantitative estimate of drug-likeness (QED) is 0.679. The molecular weight excluding hydrogens is 333 g/mol. The van der Waals surface area contributed by atoms with Gasteiger partial charge in [-0.25, -0.2) is 4.39 Å². The molecule has 0 bridgehead atoms. The molecule has 24 heavy (non-hydrogen) atoms. The third-order valence-electron chi connectivity index (χ3n) is 3.62. The number of benzene rings is 2. The van der Waals surface area contributed by atoms with Gasteiger partial charge in [-0.05, 0) is 23.8 Å². The Hall–Kier alpha value is -2.86. The minimum atomic E-state index is -1.00. The van der Waals surface area contributed by atoms with Crippen LogP contribution in [-0.4, -0.2) is 16.8 Å². The SMILES string of the molecule is NC(=O)[C@H](NC(=O)c1[nH]c2ccc(F)cc2c1Cl)c1ccccc1. The number of halogens is 2. The van der Waals surface area contributed by atoms with E-state index in [1.54, 1.807) is 30.3 Å². The van der Waals surface area contributed by atoms with Crippen LogP contribution < -0.4 is 11.1 Å². The van der Waals surface area contributed by atoms with Crippen molar-refractivity contribution in [2.75, 3.05) is 0 Å². The highest BCUT2D eigenvalue weighted by Crippen LogP contribution is 2.28. The van der Waals surface area contributed by atoms with Crippen LogP contribution in [0.3, 0.4) is 0 Å². The van der Waals surface area contributed by atoms with Crippen LogP contribution in [0.25, 0.3) is 10.9 Å². The molecule has 0 saturated heterocycles. The molecule has 3 aromatic rings. The van der Waals surface area contributed by atoms with Gasteiger partial charge in [0.15, 0.2) is 0 Å². The first-order valence-corrected chi connectivity index (χ1v) is 7.47. The second-order valence-corrected chi connectivity index (χ2v) is 5.60. The van der Waals surface area contributed by atoms with Gasteiger partial charge in [0.1, 0.15) is 17.6 Å². The van der Waals surface area contributed by atoms with E-state index in [-0.39, 0.29) is 10.7 Å². The van der Waals surface area contributed by atoms with Crippen molar-refractivity contribution in [1.82, 2.24) is 10.3 Å². The third-order valence-corrected chi connectivity index (χ3v) is 4.01. The summed E-state index contributed by atoms with van der Waals surface area (Å²) in [5.41, 5.74) is 6.49. The number of primary amides is 1. The van der Waals surface area contributed by atoms with Crippen molar-refractivity contribution < 1.29 is 14.0 Å². The standard InChI is InChI=1S/C17H13ClFN3O2/c18-13-11-8-10(19)6-7-12(11)21-15(13)17(24)22-14(16(20)23)9-4-2-1-3-5-9/h1-8,14,21H,(H2,20,23)(H,22,24)/t14-/m1/s1. The lowest BCUT2D eigenvalue weighted by molar-refractivity contribution is -0.120. The first-order chi connectivity index (χ1) is 11.5. The van der Waals surface area contributed by atoms with Crippen LogP contribution >= 0.6 is 11.6 Å². The number of nitrogens with two attached hydrogens (primary N) is 1. The molecule has 4 N–H and O–H groups in total. The number of carbonyl (C=O) groups is 2. The van der Waals surface area contributed by atoms with Gasteiger partial charge >= 0.3 is 0 Å². The normalized spacial score (nSPS) is 12.1. The fourth-order valence-electron chi connectivity index (χ4n) is 2.46. The van der Waals surface area contributed by atoms with Crippen LogP contribution in [-0.2, 0) is 4.79 Å². The van der Waals surface area contributed by atoms with Crippen LogP contribution in [0.15, 0.2) is 48.5 Å². The number of fused-ring (bicyclic) bond motifs is 1. The highest BCUT2D eigenvalue weighted by Gasteiger charge is 2.24. The van der Waals surface area contributed by atoms with Crippen molar-refractivity contribution >= 4 is 34.3 Å². The average molecular weight is 346 g/mol. The van der Waals surface area contributed by atoms with E-state index in [0.29, 0.717) is 16.5 Å². The average Bonchev–Trinajstić information content (AvgIpc) is 2.89. The number of H-pyrrole nitrogens is 1. The molecule has 0 aliphatic rings. The number of hydrogen-bond donors (Lipinski definition) is 3. The summed E-state index contributed by atoms with van der Waals surface area (Å²) in [4.78, 5) is 27.0. The molecule has 5 nitrogen and oxygen atoms in total. The summed E-state index contributed by atoms with van der Waals surface area (Å²) in [6.07, 6.45) is 0. The predicted octanol–water partition coefficient (Wildman–Crippen LogP) is 2.92. The molecule has 1 heterocycles. The maximum atomic E-state index is 13.3. The van der Waals surface area contributed by atoms with E-state index in [1.165, 1.54) is 18.2 Å². The fourth-order valence-corrected chi connectivity index (χ4v) is 2.74. The Labute approximate surface area is 141 Å². The number of aromatic nitrogens is 1. The summed E-state index contributed by atoms with van der Waals surface area (Å²) >= 11 is 6.16. The summed E-state index contributed by atoms with van der Waals surface area (Å²) in [7, 11) is 0. The minimum Gasteiger partial charge on any atom is -0.368 e. The number of aromatic amines is 1. The van der Waals surface area contributed by atoms with Crippen LogP contribution in [0.5, 0.6) is 0 Å². The number of carbonyl (C=O) groups excluding carboxylic acids is 2. The van der Waals surface area contributed by atoms with E-state index in [9.17, 15) is 14.0 Å². The zero-order valence-corrected chi connectivity index (χ0v) is 13.1. The highest BCUT2D eigenvalue weighted by molar-refractivity contribution is 6.38. The maximum absolute atomic E-state index is 13.3. The molecule has 7 heteroatoms. The highest BCUT2D eigenvalue weighted by atomic mass is 35.5. The molecule has 0 aliphatic carbocycles. The van der Waals surface area contributed by atoms with Crippen LogP contribution in [0.1, 0.15) is 22.1 Å². The van der Waals surface area contributed by atoms with Gasteiger partial charge in [-0.1, -0.05) is 41.9 Å². The van der Waals surface area contributed by atoms with Crippen molar-refractivity contribution in [3.63, 3.8) is 0 Å². The smallest absolute Gasteiger partial charge is 0.270 e. The van der Waals surface area contributed by atoms with Gasteiger partial charge in [-0.15, -0.1) is 0 Å². The molecule has 3 rings (SSSR count). The largest absolute Gasteiger partial charge is 0.368 e. The minimum absolute atomic E-state index is 0.0412. The number of nitrogens with one attached hydrogen (secondary N) is 2. The summed E-state index contributed by atoms with van der Waals surface area (Å²) in [6, 6.07) is 11.6. The first kappa shape index (κ1) is 16.0. The molecular formula is C17H13ClFN3O2. The lowest BCUT2D eigenvalue weighted by Gasteiger charge is -2.15. The van der Waals surface area contributed by atoms with Crippen molar-refractivity contribution in [3.8, 4) is 0 Å². The molecule has 2 amide bonds. The van der Waals surface area contributed by atoms with Gasteiger partial charge in [0, 0.05) is 10.9 Å². The van der Waals surface area contributed by atoms with E-state index in [4.69, 9.17) is 17.3 Å². The number of rotatable bonds is 4. The second-order valence-electron chi connectivity index (χ2n) is 5.22. The molecule has 0 unspecified atom stereocenters. The van der Waals surface area contributed by atoms with E-state index in [2.05, 4.69) is 10.3 Å². The Morgan fingerprint density at radius 1 is 1.17 bits per heavy atom. The zero-order chi connectivity index (χ0) is 17.3. The van der Waals surface area contributed by atoms with Crippen molar-refractivity contribution in [2.24, 2.45) is 5.73 Å². The molecule has 1 atom stereocenters. The molecule has 0 aliphatic heterocycles. The predicted molar refractivity (Wildman–Crippen MR) is 89.1 cm³/mol. The molecule has 0 spiro atoms. The molecule has 1 aromatic heterocycles. The first-order valence-electron chi connectivity index (χ1n) is 7.09. The van der Waals surface area contributed by atoms with Crippen molar-refractivity contribution in [1.29, 1.82) is 0 Å². The van der Waals surface area contributed by atoms with E-state index in [1.807, 2.05) is 0 Å². The molecule has 0 fully saturated rings. The maximum Gasteiger partial charge on any atom is 0.270 e. The lowest BCUT2D eigenvalue weighted by Crippen LogP contribution is -2.37. The Morgan fingerprint density at radius 3 is 2.54 bits per heavy atom. The summed E-state index contributed by atoms with van der Waals surface area (Å²) in [5, 5.41) is 3.01. The Morgan fingerprint density at radius 2 is 1.88 bits per heavy atom. The monoisotopic (exact) mass is 345 g/mol. The summed E-state index contributed by atoms with van der Waals surface area (Å²) < 4.78 is 13.3. The number of amides is 2. The van der Waals surface area contributed by atoms with Crippen molar-refractivity contribution in [3.05, 3.63) is 70.6 Å². The van der Waals surface area contributed by atoms with Gasteiger partial charge in [-0.3, -0.25) is 9.59 Å². The molecule has 0 radical (unpaired) electrons. The Kier molecular flexibility index (Phi) is 4.22. The molecule has 2 aromatic carbocycles. The van der Waals surface area contributed by atoms with Crippen molar-refractivity contribution in [2.45, 2.75) is 6.04 Å². The van der Waals surface area contributed by atoms with Crippen LogP contribution in [0.4, 0.5) is 4.39 Å². The topological polar surface area (TPSA) is 88.0 Å². The fraction of sp³-hybridized carbons (Fsp3) is 0.0588. The van der Waals surface area contributed by atoms with Crippen LogP contribution in [0.2, 0.25) is 5.02 Å². The van der Waals surface area contributed by atoms with E-state index < -0.39 is 23.7 Å². The zero-order valence-electron chi connectivity index (χ0n) is 12.3.